The van der Waals surface area contributed by atoms with Gasteiger partial charge in [0.2, 0.25) is 11.8 Å². The van der Waals surface area contributed by atoms with Crippen molar-refractivity contribution in [2.24, 2.45) is 0 Å². The van der Waals surface area contributed by atoms with Gasteiger partial charge in [-0.15, -0.1) is 0 Å². The summed E-state index contributed by atoms with van der Waals surface area (Å²) in [7, 11) is 0. The second kappa shape index (κ2) is 15.3. The lowest BCUT2D eigenvalue weighted by atomic mass is 10.0. The lowest BCUT2D eigenvalue weighted by Crippen LogP contribution is -2.64. The first-order valence-electron chi connectivity index (χ1n) is 15.2. The van der Waals surface area contributed by atoms with E-state index in [2.05, 4.69) is 10.6 Å². The first-order chi connectivity index (χ1) is 21.8. The zero-order valence-corrected chi connectivity index (χ0v) is 26.9. The Balaban J connectivity index is 1.51. The maximum Gasteiger partial charge on any atom is 0.308 e. The second-order valence-electron chi connectivity index (χ2n) is 12.2. The molecule has 0 aliphatic carbocycles. The van der Waals surface area contributed by atoms with Gasteiger partial charge in [-0.25, -0.2) is 5.01 Å². The van der Waals surface area contributed by atoms with Gasteiger partial charge in [-0.2, -0.15) is 0 Å². The molecule has 13 heteroatoms. The van der Waals surface area contributed by atoms with Crippen LogP contribution in [0.25, 0.3) is 0 Å². The number of rotatable bonds is 11. The van der Waals surface area contributed by atoms with E-state index in [1.165, 1.54) is 5.01 Å². The summed E-state index contributed by atoms with van der Waals surface area (Å²) in [6.07, 6.45) is 0.173. The lowest BCUT2D eigenvalue weighted by molar-refractivity contribution is -0.176. The number of carbonyl (C=O) groups is 6. The fourth-order valence-corrected chi connectivity index (χ4v) is 5.47. The number of esters is 1. The fraction of sp³-hybridized carbons (Fsp3) is 0.455. The molecular weight excluding hydrogens is 616 g/mol. The Morgan fingerprint density at radius 2 is 1.70 bits per heavy atom. The molecule has 2 N–H and O–H groups in total. The van der Waals surface area contributed by atoms with Gasteiger partial charge in [-0.1, -0.05) is 48.0 Å². The minimum absolute atomic E-state index is 0.0150. The molecule has 0 spiro atoms. The second-order valence-corrected chi connectivity index (χ2v) is 12.6. The molecular formula is C33H39ClN4O8. The van der Waals surface area contributed by atoms with Gasteiger partial charge in [0.05, 0.1) is 13.0 Å². The Morgan fingerprint density at radius 1 is 1.00 bits per heavy atom. The number of halogens is 1. The molecule has 2 aliphatic heterocycles. The number of hydrazine groups is 1. The van der Waals surface area contributed by atoms with Crippen molar-refractivity contribution in [2.45, 2.75) is 83.2 Å². The molecule has 1 unspecified atom stereocenters. The first-order valence-corrected chi connectivity index (χ1v) is 15.6. The lowest BCUT2D eigenvalue weighted by Gasteiger charge is -2.43. The maximum atomic E-state index is 13.8. The highest BCUT2D eigenvalue weighted by atomic mass is 35.5. The topological polar surface area (TPSA) is 151 Å². The Bertz CT molecular complexity index is 1460. The molecule has 2 aromatic carbocycles. The van der Waals surface area contributed by atoms with E-state index in [9.17, 15) is 28.8 Å². The third-order valence-corrected chi connectivity index (χ3v) is 7.83. The fourth-order valence-electron chi connectivity index (χ4n) is 5.28. The molecule has 2 fully saturated rings. The smallest absolute Gasteiger partial charge is 0.308 e. The van der Waals surface area contributed by atoms with Crippen LogP contribution in [0.5, 0.6) is 0 Å². The summed E-state index contributed by atoms with van der Waals surface area (Å²) >= 11 is 6.18. The van der Waals surface area contributed by atoms with E-state index in [0.717, 1.165) is 5.01 Å². The highest BCUT2D eigenvalue weighted by Gasteiger charge is 2.45. The van der Waals surface area contributed by atoms with E-state index in [1.807, 2.05) is 0 Å². The van der Waals surface area contributed by atoms with Crippen molar-refractivity contribution in [3.05, 3.63) is 70.7 Å². The van der Waals surface area contributed by atoms with Crippen LogP contribution in [-0.4, -0.2) is 82.3 Å². The van der Waals surface area contributed by atoms with E-state index >= 15 is 0 Å². The molecule has 2 aliphatic rings. The van der Waals surface area contributed by atoms with Crippen molar-refractivity contribution in [1.82, 2.24) is 20.7 Å². The van der Waals surface area contributed by atoms with Gasteiger partial charge in [0.1, 0.15) is 30.3 Å². The Morgan fingerprint density at radius 3 is 2.39 bits per heavy atom. The van der Waals surface area contributed by atoms with Crippen LogP contribution in [0.15, 0.2) is 54.6 Å². The zero-order valence-electron chi connectivity index (χ0n) is 26.1. The number of nitrogens with one attached hydrogen (secondary N) is 2. The summed E-state index contributed by atoms with van der Waals surface area (Å²) in [4.78, 5) is 79.7. The van der Waals surface area contributed by atoms with Gasteiger partial charge in [0.15, 0.2) is 5.78 Å². The highest BCUT2D eigenvalue weighted by molar-refractivity contribution is 6.31. The third-order valence-electron chi connectivity index (χ3n) is 7.46. The summed E-state index contributed by atoms with van der Waals surface area (Å²) in [6.45, 7) is 4.83. The molecule has 4 rings (SSSR count). The number of fused-ring (bicyclic) bond motifs is 1. The minimum atomic E-state index is -1.34. The van der Waals surface area contributed by atoms with Crippen molar-refractivity contribution in [3.63, 3.8) is 0 Å². The normalized spacial score (nSPS) is 19.0. The van der Waals surface area contributed by atoms with Crippen LogP contribution in [-0.2, 0) is 40.1 Å². The monoisotopic (exact) mass is 654 g/mol. The predicted octanol–water partition coefficient (Wildman–Crippen LogP) is 2.97. The number of Topliss-reactive ketones (excluding diaryl/α,β-unsaturated/α-hetero) is 1. The van der Waals surface area contributed by atoms with Crippen LogP contribution in [0.4, 0.5) is 0 Å². The molecule has 2 aromatic rings. The summed E-state index contributed by atoms with van der Waals surface area (Å²) in [5, 5.41) is 8.11. The van der Waals surface area contributed by atoms with E-state index in [-0.39, 0.29) is 38.3 Å². The average molecular weight is 655 g/mol. The van der Waals surface area contributed by atoms with Crippen molar-refractivity contribution >= 4 is 47.0 Å². The van der Waals surface area contributed by atoms with Crippen LogP contribution in [0, 0.1) is 0 Å². The number of hydrogen-bond acceptors (Lipinski definition) is 8. The molecule has 2 saturated heterocycles. The summed E-state index contributed by atoms with van der Waals surface area (Å²) in [6, 6.07) is 11.7. The predicted molar refractivity (Wildman–Crippen MR) is 167 cm³/mol. The Labute approximate surface area is 272 Å². The number of ether oxygens (including phenoxy) is 2. The number of ketones is 1. The number of amides is 4. The van der Waals surface area contributed by atoms with Gasteiger partial charge in [-0.05, 0) is 63.8 Å². The van der Waals surface area contributed by atoms with Crippen LogP contribution in [0.1, 0.15) is 68.8 Å². The van der Waals surface area contributed by atoms with E-state index in [1.54, 1.807) is 75.4 Å². The molecule has 3 atom stereocenters. The molecule has 12 nitrogen and oxygen atoms in total. The van der Waals surface area contributed by atoms with Crippen LogP contribution >= 0.6 is 11.6 Å². The SMILES string of the molecule is CC(C)(C)OC(=O)CC(NC(=O)[C@@H]1CCCN2C(=O)CC[C@H](NC(=O)c3ccccc3)C(=O)N12)C(=O)COCc1ccccc1Cl. The molecule has 246 valence electrons. The quantitative estimate of drug-likeness (QED) is 0.351. The summed E-state index contributed by atoms with van der Waals surface area (Å²) < 4.78 is 11.0. The number of hydrogen-bond donors (Lipinski definition) is 2. The van der Waals surface area contributed by atoms with Crippen LogP contribution < -0.4 is 10.6 Å². The van der Waals surface area contributed by atoms with Crippen LogP contribution in [0.3, 0.4) is 0 Å². The standard InChI is InChI=1S/C33H39ClN4O8/c1-33(2,3)46-29(41)18-25(27(39)20-45-19-22-12-7-8-13-23(22)34)36-31(43)26-14-9-17-37-28(40)16-15-24(32(44)38(26)37)35-30(42)21-10-5-4-6-11-21/h4-8,10-13,24-26H,9,14-20H2,1-3H3,(H,35,42)(H,36,43)/t24-,25?,26-/m0/s1. The molecule has 0 saturated carbocycles. The van der Waals surface area contributed by atoms with Gasteiger partial charge >= 0.3 is 5.97 Å². The van der Waals surface area contributed by atoms with Gasteiger partial charge in [-0.3, -0.25) is 33.8 Å². The molecule has 0 bridgehead atoms. The van der Waals surface area contributed by atoms with Crippen molar-refractivity contribution in [3.8, 4) is 0 Å². The van der Waals surface area contributed by atoms with Crippen LogP contribution in [0.2, 0.25) is 5.02 Å². The first kappa shape index (κ1) is 34.6. The van der Waals surface area contributed by atoms with Crippen molar-refractivity contribution in [1.29, 1.82) is 0 Å². The van der Waals surface area contributed by atoms with E-state index < -0.39 is 66.2 Å². The largest absolute Gasteiger partial charge is 0.460 e. The van der Waals surface area contributed by atoms with E-state index in [0.29, 0.717) is 22.6 Å². The Hall–Kier alpha value is -4.29. The molecule has 0 radical (unpaired) electrons. The molecule has 0 aromatic heterocycles. The van der Waals surface area contributed by atoms with Gasteiger partial charge in [0, 0.05) is 23.6 Å². The van der Waals surface area contributed by atoms with E-state index in [4.69, 9.17) is 21.1 Å². The maximum absolute atomic E-state index is 13.8. The molecule has 4 amide bonds. The summed E-state index contributed by atoms with van der Waals surface area (Å²) in [5.41, 5.74) is 0.165. The third kappa shape index (κ3) is 9.13. The van der Waals surface area contributed by atoms with Crippen molar-refractivity contribution in [2.75, 3.05) is 13.2 Å². The minimum Gasteiger partial charge on any atom is -0.460 e. The molecule has 2 heterocycles. The van der Waals surface area contributed by atoms with Gasteiger partial charge < -0.3 is 20.1 Å². The van der Waals surface area contributed by atoms with Gasteiger partial charge in [0.25, 0.3) is 11.8 Å². The molecule has 46 heavy (non-hydrogen) atoms. The average Bonchev–Trinajstić information content (AvgIpc) is 3.13. The van der Waals surface area contributed by atoms with Crippen molar-refractivity contribution < 1.29 is 38.2 Å². The summed E-state index contributed by atoms with van der Waals surface area (Å²) in [5.74, 6) is -3.51. The highest BCUT2D eigenvalue weighted by Crippen LogP contribution is 2.26. The number of nitrogens with zero attached hydrogens (tertiary/aromatic N) is 2. The zero-order chi connectivity index (χ0) is 33.4. The number of benzene rings is 2. The number of carbonyl (C=O) groups excluding carboxylic acids is 6. The Kier molecular flexibility index (Phi) is 11.5.